The Kier molecular flexibility index (Phi) is 5.18. The molecule has 3 aromatic rings. The van der Waals surface area contributed by atoms with E-state index in [4.69, 9.17) is 11.6 Å². The Morgan fingerprint density at radius 3 is 2.85 bits per heavy atom. The van der Waals surface area contributed by atoms with E-state index in [-0.39, 0.29) is 11.2 Å². The molecule has 26 heavy (non-hydrogen) atoms. The molecular formula is C18H18ClN5O2. The van der Waals surface area contributed by atoms with Crippen LogP contribution in [0.1, 0.15) is 18.9 Å². The second-order valence-electron chi connectivity index (χ2n) is 5.79. The molecule has 7 nitrogen and oxygen atoms in total. The third kappa shape index (κ3) is 3.52. The molecule has 0 spiro atoms. The van der Waals surface area contributed by atoms with Gasteiger partial charge in [-0.3, -0.25) is 24.3 Å². The summed E-state index contributed by atoms with van der Waals surface area (Å²) in [6, 6.07) is 8.60. The summed E-state index contributed by atoms with van der Waals surface area (Å²) in [5.74, 6) is 0.354. The van der Waals surface area contributed by atoms with Crippen molar-refractivity contribution in [1.82, 2.24) is 14.1 Å². The third-order valence-electron chi connectivity index (χ3n) is 3.97. The molecule has 0 aliphatic rings. The minimum absolute atomic E-state index is 0.354. The fourth-order valence-corrected chi connectivity index (χ4v) is 2.79. The van der Waals surface area contributed by atoms with Crippen LogP contribution in [0.2, 0.25) is 5.02 Å². The number of hydrogen-bond donors (Lipinski definition) is 1. The number of aromatic nitrogens is 3. The average molecular weight is 372 g/mol. The maximum atomic E-state index is 12.3. The van der Waals surface area contributed by atoms with E-state index in [0.717, 1.165) is 27.5 Å². The summed E-state index contributed by atoms with van der Waals surface area (Å²) in [7, 11) is 1.46. The molecule has 3 rings (SSSR count). The molecule has 0 atom stereocenters. The third-order valence-corrected chi connectivity index (χ3v) is 4.20. The zero-order valence-corrected chi connectivity index (χ0v) is 15.2. The Labute approximate surface area is 154 Å². The zero-order valence-electron chi connectivity index (χ0n) is 14.4. The first kappa shape index (κ1) is 17.9. The van der Waals surface area contributed by atoms with Crippen LogP contribution in [0.3, 0.4) is 0 Å². The number of nitrogens with one attached hydrogen (secondary N) is 1. The van der Waals surface area contributed by atoms with Gasteiger partial charge >= 0.3 is 5.69 Å². The molecule has 0 radical (unpaired) electrons. The Morgan fingerprint density at radius 1 is 1.27 bits per heavy atom. The van der Waals surface area contributed by atoms with Crippen molar-refractivity contribution in [2.45, 2.75) is 19.9 Å². The molecule has 1 N–H and O–H groups in total. The van der Waals surface area contributed by atoms with Crippen molar-refractivity contribution >= 4 is 34.5 Å². The summed E-state index contributed by atoms with van der Waals surface area (Å²) in [6.07, 6.45) is 4.05. The lowest BCUT2D eigenvalue weighted by Gasteiger charge is -2.12. The number of hydrogen-bond acceptors (Lipinski definition) is 5. The standard InChI is InChI=1S/C18H18ClN5O2/c1-3-8-24-16(10-17(25)23(2)18(24)26)22-21-11-12-6-7-20-15-5-4-13(19)9-14(12)15/h4-7,9-11,22H,3,8H2,1-2H3. The Morgan fingerprint density at radius 2 is 2.08 bits per heavy atom. The molecule has 1 aromatic carbocycles. The van der Waals surface area contributed by atoms with Crippen LogP contribution in [0.4, 0.5) is 5.82 Å². The predicted molar refractivity (Wildman–Crippen MR) is 104 cm³/mol. The van der Waals surface area contributed by atoms with E-state index >= 15 is 0 Å². The van der Waals surface area contributed by atoms with Gasteiger partial charge in [-0.2, -0.15) is 5.10 Å². The molecule has 0 bridgehead atoms. The Hall–Kier alpha value is -2.93. The van der Waals surface area contributed by atoms with Gasteiger partial charge in [0.1, 0.15) is 5.82 Å². The maximum Gasteiger partial charge on any atom is 0.332 e. The van der Waals surface area contributed by atoms with Gasteiger partial charge in [0.2, 0.25) is 0 Å². The van der Waals surface area contributed by atoms with Crippen LogP contribution in [0, 0.1) is 0 Å². The van der Waals surface area contributed by atoms with Crippen LogP contribution in [0.25, 0.3) is 10.9 Å². The first-order chi connectivity index (χ1) is 12.5. The molecule has 134 valence electrons. The number of benzene rings is 1. The van der Waals surface area contributed by atoms with E-state index in [1.165, 1.54) is 17.7 Å². The van der Waals surface area contributed by atoms with Gasteiger partial charge in [0.25, 0.3) is 5.56 Å². The molecule has 0 saturated heterocycles. The highest BCUT2D eigenvalue weighted by molar-refractivity contribution is 6.31. The molecule has 0 fully saturated rings. The van der Waals surface area contributed by atoms with Crippen molar-refractivity contribution in [3.05, 3.63) is 68.0 Å². The summed E-state index contributed by atoms with van der Waals surface area (Å²) in [5.41, 5.74) is 3.65. The molecule has 0 unspecified atom stereocenters. The molecule has 0 saturated carbocycles. The quantitative estimate of drug-likeness (QED) is 0.552. The van der Waals surface area contributed by atoms with E-state index in [9.17, 15) is 9.59 Å². The largest absolute Gasteiger partial charge is 0.332 e. The van der Waals surface area contributed by atoms with Crippen molar-refractivity contribution in [3.8, 4) is 0 Å². The summed E-state index contributed by atoms with van der Waals surface area (Å²) < 4.78 is 2.56. The second-order valence-corrected chi connectivity index (χ2v) is 6.23. The summed E-state index contributed by atoms with van der Waals surface area (Å²) >= 11 is 6.06. The summed E-state index contributed by atoms with van der Waals surface area (Å²) in [4.78, 5) is 28.4. The average Bonchev–Trinajstić information content (AvgIpc) is 2.63. The van der Waals surface area contributed by atoms with Gasteiger partial charge in [-0.15, -0.1) is 0 Å². The number of anilines is 1. The van der Waals surface area contributed by atoms with E-state index in [2.05, 4.69) is 15.5 Å². The molecule has 8 heteroatoms. The fourth-order valence-electron chi connectivity index (χ4n) is 2.62. The number of nitrogens with zero attached hydrogens (tertiary/aromatic N) is 4. The molecule has 2 aromatic heterocycles. The normalized spacial score (nSPS) is 11.3. The van der Waals surface area contributed by atoms with Crippen LogP contribution in [0.15, 0.2) is 51.2 Å². The van der Waals surface area contributed by atoms with Crippen LogP contribution >= 0.6 is 11.6 Å². The molecule has 0 amide bonds. The van der Waals surface area contributed by atoms with Gasteiger partial charge in [-0.25, -0.2) is 4.79 Å². The number of rotatable bonds is 5. The van der Waals surface area contributed by atoms with Crippen LogP contribution in [0.5, 0.6) is 0 Å². The number of pyridine rings is 1. The lowest BCUT2D eigenvalue weighted by molar-refractivity contribution is 0.596. The molecule has 0 aliphatic heterocycles. The monoisotopic (exact) mass is 371 g/mol. The van der Waals surface area contributed by atoms with E-state index < -0.39 is 0 Å². The molecule has 0 aliphatic carbocycles. The van der Waals surface area contributed by atoms with Crippen molar-refractivity contribution in [2.24, 2.45) is 12.1 Å². The minimum Gasteiger partial charge on any atom is -0.278 e. The van der Waals surface area contributed by atoms with Gasteiger partial charge in [-0.1, -0.05) is 18.5 Å². The molecular weight excluding hydrogens is 354 g/mol. The second kappa shape index (κ2) is 7.53. The first-order valence-corrected chi connectivity index (χ1v) is 8.53. The van der Waals surface area contributed by atoms with E-state index in [1.54, 1.807) is 18.5 Å². The highest BCUT2D eigenvalue weighted by Crippen LogP contribution is 2.20. The SMILES string of the molecule is CCCn1c(NN=Cc2ccnc3ccc(Cl)cc23)cc(=O)n(C)c1=O. The summed E-state index contributed by atoms with van der Waals surface area (Å²) in [5, 5.41) is 5.66. The Balaban J connectivity index is 1.96. The maximum absolute atomic E-state index is 12.3. The van der Waals surface area contributed by atoms with E-state index in [0.29, 0.717) is 17.4 Å². The number of halogens is 1. The van der Waals surface area contributed by atoms with Crippen LogP contribution < -0.4 is 16.7 Å². The highest BCUT2D eigenvalue weighted by atomic mass is 35.5. The number of fused-ring (bicyclic) bond motifs is 1. The fraction of sp³-hybridized carbons (Fsp3) is 0.222. The van der Waals surface area contributed by atoms with Crippen LogP contribution in [-0.2, 0) is 13.6 Å². The van der Waals surface area contributed by atoms with Crippen molar-refractivity contribution in [1.29, 1.82) is 0 Å². The van der Waals surface area contributed by atoms with Crippen molar-refractivity contribution < 1.29 is 0 Å². The van der Waals surface area contributed by atoms with Crippen molar-refractivity contribution in [3.63, 3.8) is 0 Å². The van der Waals surface area contributed by atoms with Gasteiger partial charge in [0.15, 0.2) is 0 Å². The molecule has 2 heterocycles. The van der Waals surface area contributed by atoms with Gasteiger partial charge in [0.05, 0.1) is 11.7 Å². The zero-order chi connectivity index (χ0) is 18.7. The van der Waals surface area contributed by atoms with E-state index in [1.807, 2.05) is 25.1 Å². The topological polar surface area (TPSA) is 81.3 Å². The van der Waals surface area contributed by atoms with Gasteiger partial charge in [0, 0.05) is 41.8 Å². The minimum atomic E-state index is -0.388. The smallest absolute Gasteiger partial charge is 0.278 e. The Bertz CT molecular complexity index is 1100. The lowest BCUT2D eigenvalue weighted by Crippen LogP contribution is -2.38. The van der Waals surface area contributed by atoms with Gasteiger partial charge < -0.3 is 0 Å². The first-order valence-electron chi connectivity index (χ1n) is 8.15. The van der Waals surface area contributed by atoms with Crippen LogP contribution in [-0.4, -0.2) is 20.3 Å². The predicted octanol–water partition coefficient (Wildman–Crippen LogP) is 2.60. The summed E-state index contributed by atoms with van der Waals surface area (Å²) in [6.45, 7) is 2.44. The highest BCUT2D eigenvalue weighted by Gasteiger charge is 2.08. The van der Waals surface area contributed by atoms with Gasteiger partial charge in [-0.05, 0) is 30.7 Å². The number of hydrazone groups is 1. The van der Waals surface area contributed by atoms with Crippen molar-refractivity contribution in [2.75, 3.05) is 5.43 Å². The lowest BCUT2D eigenvalue weighted by atomic mass is 10.1.